The highest BCUT2D eigenvalue weighted by atomic mass is 32.1. The number of halogens is 3. The van der Waals surface area contributed by atoms with Crippen LogP contribution in [0, 0.1) is 5.82 Å². The Kier molecular flexibility index (Phi) is 4.99. The highest BCUT2D eigenvalue weighted by molar-refractivity contribution is 7.17. The average Bonchev–Trinajstić information content (AvgIpc) is 3.05. The second-order valence-electron chi connectivity index (χ2n) is 4.87. The molecule has 0 aliphatic rings. The number of alkyl halides is 2. The second kappa shape index (κ2) is 7.35. The first-order valence-electron chi connectivity index (χ1n) is 7.10. The predicted molar refractivity (Wildman–Crippen MR) is 88.5 cm³/mol. The van der Waals surface area contributed by atoms with Crippen LogP contribution in [0.2, 0.25) is 0 Å². The van der Waals surface area contributed by atoms with Gasteiger partial charge >= 0.3 is 6.61 Å². The summed E-state index contributed by atoms with van der Waals surface area (Å²) in [5, 5.41) is 2.94. The van der Waals surface area contributed by atoms with Crippen LogP contribution >= 0.6 is 11.3 Å². The number of rotatable bonds is 5. The minimum Gasteiger partial charge on any atom is -0.435 e. The number of nitrogens with zero attached hydrogens (tertiary/aromatic N) is 1. The van der Waals surface area contributed by atoms with Gasteiger partial charge < -0.3 is 10.1 Å². The normalized spacial score (nSPS) is 10.7. The predicted octanol–water partition coefficient (Wildman–Crippen LogP) is 4.80. The first kappa shape index (κ1) is 17.0. The number of anilines is 1. The molecule has 4 nitrogen and oxygen atoms in total. The van der Waals surface area contributed by atoms with Crippen molar-refractivity contribution in [2.45, 2.75) is 6.61 Å². The second-order valence-corrected chi connectivity index (χ2v) is 5.90. The first-order chi connectivity index (χ1) is 12.0. The molecule has 8 heteroatoms. The smallest absolute Gasteiger partial charge is 0.387 e. The molecular formula is C17H11F3N2O2S. The Bertz CT molecular complexity index is 899. The summed E-state index contributed by atoms with van der Waals surface area (Å²) in [6.45, 7) is -2.95. The number of amides is 1. The summed E-state index contributed by atoms with van der Waals surface area (Å²) in [5.41, 5.74) is 0.600. The number of thiazole rings is 1. The van der Waals surface area contributed by atoms with Gasteiger partial charge in [-0.15, -0.1) is 11.3 Å². The van der Waals surface area contributed by atoms with Crippen molar-refractivity contribution in [2.24, 2.45) is 0 Å². The van der Waals surface area contributed by atoms with E-state index in [0.717, 1.165) is 11.3 Å². The van der Waals surface area contributed by atoms with E-state index >= 15 is 0 Å². The number of carbonyl (C=O) groups excluding carboxylic acids is 1. The summed E-state index contributed by atoms with van der Waals surface area (Å²) in [7, 11) is 0. The largest absolute Gasteiger partial charge is 0.435 e. The SMILES string of the molecule is O=C(Nc1cccc(OC(F)F)c1)c1cnc(-c2ccccc2F)s1. The third-order valence-corrected chi connectivity index (χ3v) is 4.18. The van der Waals surface area contributed by atoms with Crippen molar-refractivity contribution in [3.63, 3.8) is 0 Å². The number of carbonyl (C=O) groups is 1. The summed E-state index contributed by atoms with van der Waals surface area (Å²) in [5.74, 6) is -0.973. The van der Waals surface area contributed by atoms with Crippen LogP contribution in [-0.2, 0) is 0 Å². The van der Waals surface area contributed by atoms with Crippen LogP contribution in [0.5, 0.6) is 5.75 Å². The first-order valence-corrected chi connectivity index (χ1v) is 7.91. The lowest BCUT2D eigenvalue weighted by Crippen LogP contribution is -2.10. The van der Waals surface area contributed by atoms with Crippen molar-refractivity contribution in [3.8, 4) is 16.3 Å². The van der Waals surface area contributed by atoms with Crippen molar-refractivity contribution in [1.29, 1.82) is 0 Å². The Balaban J connectivity index is 1.75. The standard InChI is InChI=1S/C17H11F3N2O2S/c18-13-7-2-1-6-12(13)16-21-9-14(25-16)15(23)22-10-4-3-5-11(8-10)24-17(19)20/h1-9,17H,(H,22,23). The van der Waals surface area contributed by atoms with Gasteiger partial charge in [0.15, 0.2) is 0 Å². The third kappa shape index (κ3) is 4.16. The van der Waals surface area contributed by atoms with Crippen molar-refractivity contribution < 1.29 is 22.7 Å². The van der Waals surface area contributed by atoms with Crippen molar-refractivity contribution in [3.05, 3.63) is 65.4 Å². The molecule has 0 radical (unpaired) electrons. The van der Waals surface area contributed by atoms with E-state index in [-0.39, 0.29) is 10.6 Å². The lowest BCUT2D eigenvalue weighted by Gasteiger charge is -2.07. The Morgan fingerprint density at radius 2 is 1.96 bits per heavy atom. The summed E-state index contributed by atoms with van der Waals surface area (Å²) in [4.78, 5) is 16.6. The van der Waals surface area contributed by atoms with Gasteiger partial charge in [0.05, 0.1) is 6.20 Å². The van der Waals surface area contributed by atoms with Gasteiger partial charge in [-0.25, -0.2) is 9.37 Å². The Hall–Kier alpha value is -2.87. The van der Waals surface area contributed by atoms with E-state index in [9.17, 15) is 18.0 Å². The van der Waals surface area contributed by atoms with E-state index in [1.807, 2.05) is 0 Å². The maximum absolute atomic E-state index is 13.8. The van der Waals surface area contributed by atoms with Gasteiger partial charge in [0, 0.05) is 17.3 Å². The third-order valence-electron chi connectivity index (χ3n) is 3.15. The molecule has 1 heterocycles. The molecule has 0 spiro atoms. The fraction of sp³-hybridized carbons (Fsp3) is 0.0588. The molecule has 0 atom stereocenters. The van der Waals surface area contributed by atoms with Crippen LogP contribution in [-0.4, -0.2) is 17.5 Å². The maximum atomic E-state index is 13.8. The minimum absolute atomic E-state index is 0.0656. The van der Waals surface area contributed by atoms with Crippen LogP contribution in [0.4, 0.5) is 18.9 Å². The van der Waals surface area contributed by atoms with E-state index in [0.29, 0.717) is 16.3 Å². The van der Waals surface area contributed by atoms with Crippen LogP contribution in [0.15, 0.2) is 54.7 Å². The van der Waals surface area contributed by atoms with Crippen molar-refractivity contribution in [2.75, 3.05) is 5.32 Å². The van der Waals surface area contributed by atoms with Crippen LogP contribution in [0.3, 0.4) is 0 Å². The number of hydrogen-bond acceptors (Lipinski definition) is 4. The van der Waals surface area contributed by atoms with Crippen molar-refractivity contribution in [1.82, 2.24) is 4.98 Å². The fourth-order valence-electron chi connectivity index (χ4n) is 2.08. The summed E-state index contributed by atoms with van der Waals surface area (Å²) >= 11 is 1.03. The van der Waals surface area contributed by atoms with Crippen LogP contribution < -0.4 is 10.1 Å². The number of ether oxygens (including phenoxy) is 1. The molecule has 0 unspecified atom stereocenters. The Labute approximate surface area is 144 Å². The molecule has 3 rings (SSSR count). The number of hydrogen-bond donors (Lipinski definition) is 1. The molecule has 0 saturated heterocycles. The highest BCUT2D eigenvalue weighted by Gasteiger charge is 2.14. The zero-order chi connectivity index (χ0) is 17.8. The topological polar surface area (TPSA) is 51.2 Å². The minimum atomic E-state index is -2.95. The molecule has 25 heavy (non-hydrogen) atoms. The number of nitrogens with one attached hydrogen (secondary N) is 1. The van der Waals surface area contributed by atoms with Crippen LogP contribution in [0.25, 0.3) is 10.6 Å². The molecule has 3 aromatic rings. The summed E-state index contributed by atoms with van der Waals surface area (Å²) < 4.78 is 42.5. The van der Waals surface area contributed by atoms with Crippen molar-refractivity contribution >= 4 is 22.9 Å². The Morgan fingerprint density at radius 1 is 1.16 bits per heavy atom. The van der Waals surface area contributed by atoms with Gasteiger partial charge in [0.25, 0.3) is 5.91 Å². The number of aromatic nitrogens is 1. The van der Waals surface area contributed by atoms with Crippen LogP contribution in [0.1, 0.15) is 9.67 Å². The molecule has 0 aliphatic carbocycles. The molecular weight excluding hydrogens is 353 g/mol. The quantitative estimate of drug-likeness (QED) is 0.707. The van der Waals surface area contributed by atoms with Gasteiger partial charge in [-0.3, -0.25) is 4.79 Å². The Morgan fingerprint density at radius 3 is 2.72 bits per heavy atom. The van der Waals surface area contributed by atoms with E-state index in [2.05, 4.69) is 15.0 Å². The molecule has 0 aliphatic heterocycles. The van der Waals surface area contributed by atoms with E-state index < -0.39 is 18.3 Å². The zero-order valence-electron chi connectivity index (χ0n) is 12.6. The number of benzene rings is 2. The average molecular weight is 364 g/mol. The van der Waals surface area contributed by atoms with E-state index in [1.165, 1.54) is 36.5 Å². The van der Waals surface area contributed by atoms with Gasteiger partial charge in [0.2, 0.25) is 0 Å². The monoisotopic (exact) mass is 364 g/mol. The molecule has 0 fully saturated rings. The molecule has 0 bridgehead atoms. The maximum Gasteiger partial charge on any atom is 0.387 e. The molecule has 1 aromatic heterocycles. The summed E-state index contributed by atoms with van der Waals surface area (Å²) in [6.07, 6.45) is 1.33. The lowest BCUT2D eigenvalue weighted by molar-refractivity contribution is -0.0497. The lowest BCUT2D eigenvalue weighted by atomic mass is 10.2. The van der Waals surface area contributed by atoms with Gasteiger partial charge in [0.1, 0.15) is 21.5 Å². The fourth-order valence-corrected chi connectivity index (χ4v) is 2.92. The summed E-state index contributed by atoms with van der Waals surface area (Å²) in [6, 6.07) is 11.8. The molecule has 0 saturated carbocycles. The molecule has 128 valence electrons. The van der Waals surface area contributed by atoms with E-state index in [1.54, 1.807) is 18.2 Å². The van der Waals surface area contributed by atoms with Gasteiger partial charge in [-0.05, 0) is 24.3 Å². The van der Waals surface area contributed by atoms with E-state index in [4.69, 9.17) is 0 Å². The molecule has 2 aromatic carbocycles. The van der Waals surface area contributed by atoms with Gasteiger partial charge in [-0.2, -0.15) is 8.78 Å². The highest BCUT2D eigenvalue weighted by Crippen LogP contribution is 2.28. The molecule has 1 N–H and O–H groups in total. The zero-order valence-corrected chi connectivity index (χ0v) is 13.4. The molecule has 1 amide bonds. The van der Waals surface area contributed by atoms with Gasteiger partial charge in [-0.1, -0.05) is 18.2 Å².